The number of hydrogen-bond donors (Lipinski definition) is 0. The lowest BCUT2D eigenvalue weighted by molar-refractivity contribution is -0.120. The van der Waals surface area contributed by atoms with Crippen LogP contribution in [0.4, 0.5) is 26.3 Å². The van der Waals surface area contributed by atoms with Gasteiger partial charge in [-0.25, -0.2) is 27.5 Å². The lowest BCUT2D eigenvalue weighted by atomic mass is 9.86. The maximum Gasteiger partial charge on any atom is 0.293 e. The standard InChI is InChI=1S/C44H40ClF6N7O2S/c1-43(2,42-52-13-14-56(42)3)12-11-27-7-8-29(30-9-10-33(45)36-34(22-61(5,6)60)54-57(4)39(30)36)37(53-27)24(15-23-16-25(46)19-26(47)17-23)18-28(59)21-58-40-35(38(55-58)41(48)49)31-20-32(31)44(40,50)51/h7-10,13-14,16-17,19,24,31-32,41H,5,15,18,20-22H2,1-4,6H3/t24-,31+,32-,61?/m1/s1. The van der Waals surface area contributed by atoms with Crippen molar-refractivity contribution < 1.29 is 35.3 Å². The van der Waals surface area contributed by atoms with Crippen molar-refractivity contribution in [2.24, 2.45) is 20.0 Å². The predicted molar refractivity (Wildman–Crippen MR) is 221 cm³/mol. The molecule has 6 aromatic rings. The highest BCUT2D eigenvalue weighted by atomic mass is 35.5. The van der Waals surface area contributed by atoms with E-state index in [1.807, 2.05) is 25.5 Å². The zero-order valence-electron chi connectivity index (χ0n) is 33.7. The highest BCUT2D eigenvalue weighted by Crippen LogP contribution is 2.68. The van der Waals surface area contributed by atoms with Gasteiger partial charge < -0.3 is 4.57 Å². The summed E-state index contributed by atoms with van der Waals surface area (Å²) < 4.78 is 106. The molecule has 0 aliphatic heterocycles. The molecule has 1 saturated carbocycles. The Kier molecular flexibility index (Phi) is 10.5. The molecule has 0 N–H and O–H groups in total. The van der Waals surface area contributed by atoms with Crippen molar-refractivity contribution in [3.05, 3.63) is 117 Å². The predicted octanol–water partition coefficient (Wildman–Crippen LogP) is 8.80. The molecular weight excluding hydrogens is 840 g/mol. The van der Waals surface area contributed by atoms with Gasteiger partial charge in [0.15, 0.2) is 5.78 Å². The number of rotatable bonds is 12. The fraction of sp³-hybridized carbons (Fsp3) is 0.364. The highest BCUT2D eigenvalue weighted by Gasteiger charge is 2.67. The van der Waals surface area contributed by atoms with Crippen LogP contribution >= 0.6 is 11.6 Å². The number of carbonyl (C=O) groups excluding carboxylic acids is 1. The zero-order valence-corrected chi connectivity index (χ0v) is 35.3. The molecule has 2 aliphatic rings. The summed E-state index contributed by atoms with van der Waals surface area (Å²) in [4.78, 5) is 23.7. The largest absolute Gasteiger partial charge is 0.337 e. The first kappa shape index (κ1) is 42.3. The summed E-state index contributed by atoms with van der Waals surface area (Å²) in [7, 11) is 0.956. The molecule has 0 bridgehead atoms. The maximum absolute atomic E-state index is 15.5. The summed E-state index contributed by atoms with van der Waals surface area (Å²) in [6.07, 6.45) is 1.29. The van der Waals surface area contributed by atoms with Crippen LogP contribution in [-0.4, -0.2) is 56.2 Å². The number of fused-ring (bicyclic) bond motifs is 4. The Labute approximate surface area is 353 Å². The van der Waals surface area contributed by atoms with E-state index in [1.54, 1.807) is 48.4 Å². The Morgan fingerprint density at radius 1 is 1.07 bits per heavy atom. The first-order chi connectivity index (χ1) is 28.6. The molecule has 9 nitrogen and oxygen atoms in total. The third kappa shape index (κ3) is 7.98. The van der Waals surface area contributed by atoms with Gasteiger partial charge >= 0.3 is 0 Å². The minimum Gasteiger partial charge on any atom is -0.337 e. The number of benzene rings is 2. The van der Waals surface area contributed by atoms with Crippen molar-refractivity contribution in [3.63, 3.8) is 0 Å². The van der Waals surface area contributed by atoms with E-state index in [1.165, 1.54) is 6.26 Å². The molecule has 17 heteroatoms. The fourth-order valence-electron chi connectivity index (χ4n) is 8.76. The number of aryl methyl sites for hydroxylation is 2. The van der Waals surface area contributed by atoms with E-state index in [0.29, 0.717) is 49.3 Å². The molecule has 4 atom stereocenters. The van der Waals surface area contributed by atoms with Crippen molar-refractivity contribution in [1.82, 2.24) is 34.1 Å². The van der Waals surface area contributed by atoms with Crippen molar-refractivity contribution in [1.29, 1.82) is 0 Å². The van der Waals surface area contributed by atoms with E-state index < -0.39 is 86.8 Å². The average molecular weight is 880 g/mol. The third-order valence-electron chi connectivity index (χ3n) is 11.3. The van der Waals surface area contributed by atoms with Crippen LogP contribution in [0.2, 0.25) is 5.02 Å². The van der Waals surface area contributed by atoms with Gasteiger partial charge in [-0.15, -0.1) is 0 Å². The highest BCUT2D eigenvalue weighted by molar-refractivity contribution is 7.98. The summed E-state index contributed by atoms with van der Waals surface area (Å²) in [5.41, 5.74) is 0.258. The van der Waals surface area contributed by atoms with Gasteiger partial charge in [-0.1, -0.05) is 23.6 Å². The lowest BCUT2D eigenvalue weighted by Crippen LogP contribution is -2.24. The second-order valence-electron chi connectivity index (χ2n) is 16.7. The van der Waals surface area contributed by atoms with Crippen LogP contribution in [0.25, 0.3) is 22.0 Å². The molecule has 0 amide bonds. The number of halogens is 7. The Bertz CT molecular complexity index is 2920. The number of carbonyl (C=O) groups is 1. The van der Waals surface area contributed by atoms with E-state index >= 15 is 8.78 Å². The SMILES string of the molecule is C=S(C)(=O)Cc1nn(C)c2c(-c3ccc(C#CC(C)(C)c4nccn4C)nc3[C@@H](CC(=O)Cn3nc(C(F)F)c4c3C(F)(F)[C@@H]3C[C@H]43)Cc3cc(F)cc(F)c3)ccc(Cl)c12. The number of Topliss-reactive ketones (excluding diaryl/α,β-unsaturated/α-hetero) is 1. The quantitative estimate of drug-likeness (QED) is 0.0693. The normalized spacial score (nSPS) is 18.1. The first-order valence-corrected chi connectivity index (χ1v) is 22.0. The van der Waals surface area contributed by atoms with Gasteiger partial charge in [-0.3, -0.25) is 18.4 Å². The maximum atomic E-state index is 15.5. The van der Waals surface area contributed by atoms with Crippen molar-refractivity contribution >= 4 is 43.7 Å². The van der Waals surface area contributed by atoms with Crippen LogP contribution in [0, 0.1) is 29.4 Å². The Hall–Kier alpha value is -5.40. The van der Waals surface area contributed by atoms with Crippen molar-refractivity contribution in [3.8, 4) is 23.0 Å². The van der Waals surface area contributed by atoms with Crippen molar-refractivity contribution in [2.75, 3.05) is 6.26 Å². The number of alkyl halides is 4. The topological polar surface area (TPSA) is 100 Å². The second kappa shape index (κ2) is 15.2. The fourth-order valence-corrected chi connectivity index (χ4v) is 9.80. The van der Waals surface area contributed by atoms with E-state index in [4.69, 9.17) is 16.6 Å². The number of pyridine rings is 1. The molecule has 0 saturated heterocycles. The summed E-state index contributed by atoms with van der Waals surface area (Å²) in [6, 6.07) is 9.75. The lowest BCUT2D eigenvalue weighted by Gasteiger charge is -2.22. The van der Waals surface area contributed by atoms with Crippen LogP contribution in [0.3, 0.4) is 0 Å². The number of ketones is 1. The average Bonchev–Trinajstić information content (AvgIpc) is 3.37. The molecule has 0 spiro atoms. The number of hydrogen-bond acceptors (Lipinski definition) is 6. The van der Waals surface area contributed by atoms with Gasteiger partial charge in [0.2, 0.25) is 0 Å². The van der Waals surface area contributed by atoms with Crippen LogP contribution in [-0.2, 0) is 58.5 Å². The van der Waals surface area contributed by atoms with Crippen LogP contribution in [0.15, 0.2) is 54.9 Å². The molecule has 1 fully saturated rings. The number of aromatic nitrogens is 7. The monoisotopic (exact) mass is 879 g/mol. The third-order valence-corrected chi connectivity index (χ3v) is 12.5. The van der Waals surface area contributed by atoms with Gasteiger partial charge in [0.05, 0.1) is 33.1 Å². The molecule has 1 unspecified atom stereocenters. The zero-order chi connectivity index (χ0) is 43.9. The molecule has 61 heavy (non-hydrogen) atoms. The second-order valence-corrected chi connectivity index (χ2v) is 19.7. The van der Waals surface area contributed by atoms with E-state index in [0.717, 1.165) is 12.1 Å². The minimum absolute atomic E-state index is 0.0200. The molecule has 2 aliphatic carbocycles. The number of imidazole rings is 1. The molecular formula is C44H40ClF6N7O2S. The summed E-state index contributed by atoms with van der Waals surface area (Å²) >= 11 is 6.77. The molecule has 0 radical (unpaired) electrons. The van der Waals surface area contributed by atoms with Gasteiger partial charge in [-0.05, 0) is 89.8 Å². The Morgan fingerprint density at radius 2 is 1.77 bits per heavy atom. The van der Waals surface area contributed by atoms with E-state index in [-0.39, 0.29) is 41.1 Å². The summed E-state index contributed by atoms with van der Waals surface area (Å²) in [6.45, 7) is 3.02. The van der Waals surface area contributed by atoms with Crippen LogP contribution in [0.5, 0.6) is 0 Å². The molecule has 8 rings (SSSR count). The molecule has 318 valence electrons. The Balaban J connectivity index is 1.29. The molecule has 4 heterocycles. The summed E-state index contributed by atoms with van der Waals surface area (Å²) in [5, 5.41) is 9.32. The van der Waals surface area contributed by atoms with Gasteiger partial charge in [-0.2, -0.15) is 19.0 Å². The first-order valence-electron chi connectivity index (χ1n) is 19.3. The van der Waals surface area contributed by atoms with Crippen molar-refractivity contribution in [2.45, 2.75) is 75.0 Å². The van der Waals surface area contributed by atoms with E-state index in [9.17, 15) is 26.6 Å². The minimum atomic E-state index is -3.45. The Morgan fingerprint density at radius 3 is 2.43 bits per heavy atom. The number of nitrogens with zero attached hydrogens (tertiary/aromatic N) is 7. The summed E-state index contributed by atoms with van der Waals surface area (Å²) in [5.74, 6) is 2.12. The van der Waals surface area contributed by atoms with Gasteiger partial charge in [0.1, 0.15) is 41.1 Å². The molecule has 2 aromatic carbocycles. The molecule has 4 aromatic heterocycles. The van der Waals surface area contributed by atoms with Crippen LogP contribution in [0.1, 0.15) is 90.4 Å². The van der Waals surface area contributed by atoms with Crippen LogP contribution < -0.4 is 0 Å². The van der Waals surface area contributed by atoms with Gasteiger partial charge in [0, 0.05) is 79.1 Å². The van der Waals surface area contributed by atoms with E-state index in [2.05, 4.69) is 32.9 Å². The smallest absolute Gasteiger partial charge is 0.293 e. The van der Waals surface area contributed by atoms with Gasteiger partial charge in [0.25, 0.3) is 12.3 Å².